The van der Waals surface area contributed by atoms with Crippen molar-refractivity contribution in [2.75, 3.05) is 26.2 Å². The molecular formula is C15H30N2. The van der Waals surface area contributed by atoms with Crippen LogP contribution in [0.3, 0.4) is 0 Å². The average molecular weight is 238 g/mol. The smallest absolute Gasteiger partial charge is 0.0194 e. The molecule has 1 aliphatic heterocycles. The van der Waals surface area contributed by atoms with Gasteiger partial charge in [0.2, 0.25) is 0 Å². The highest BCUT2D eigenvalue weighted by Crippen LogP contribution is 2.31. The van der Waals surface area contributed by atoms with Crippen molar-refractivity contribution in [2.45, 2.75) is 58.4 Å². The summed E-state index contributed by atoms with van der Waals surface area (Å²) in [6.45, 7) is 9.95. The molecule has 0 spiro atoms. The Hall–Kier alpha value is -0.0800. The van der Waals surface area contributed by atoms with Gasteiger partial charge in [-0.05, 0) is 44.2 Å². The lowest BCUT2D eigenvalue weighted by Gasteiger charge is -2.28. The predicted molar refractivity (Wildman–Crippen MR) is 74.3 cm³/mol. The van der Waals surface area contributed by atoms with Crippen LogP contribution in [-0.4, -0.2) is 37.1 Å². The van der Waals surface area contributed by atoms with E-state index >= 15 is 0 Å². The van der Waals surface area contributed by atoms with Gasteiger partial charge in [-0.2, -0.15) is 0 Å². The van der Waals surface area contributed by atoms with E-state index in [1.54, 1.807) is 0 Å². The second-order valence-electron chi connectivity index (χ2n) is 6.22. The summed E-state index contributed by atoms with van der Waals surface area (Å²) in [6, 6.07) is 0.749. The van der Waals surface area contributed by atoms with E-state index in [0.29, 0.717) is 0 Å². The summed E-state index contributed by atoms with van der Waals surface area (Å²) in [5, 5.41) is 3.71. The van der Waals surface area contributed by atoms with Gasteiger partial charge < -0.3 is 10.2 Å². The zero-order valence-electron chi connectivity index (χ0n) is 11.8. The topological polar surface area (TPSA) is 15.3 Å². The van der Waals surface area contributed by atoms with Crippen LogP contribution in [0.25, 0.3) is 0 Å². The molecule has 0 bridgehead atoms. The maximum atomic E-state index is 3.71. The van der Waals surface area contributed by atoms with Crippen molar-refractivity contribution in [1.29, 1.82) is 0 Å². The molecule has 2 nitrogen and oxygen atoms in total. The van der Waals surface area contributed by atoms with Crippen LogP contribution < -0.4 is 5.32 Å². The van der Waals surface area contributed by atoms with Gasteiger partial charge in [0, 0.05) is 19.1 Å². The van der Waals surface area contributed by atoms with Crippen LogP contribution in [0, 0.1) is 11.8 Å². The van der Waals surface area contributed by atoms with Gasteiger partial charge in [0.15, 0.2) is 0 Å². The Kier molecular flexibility index (Phi) is 5.30. The van der Waals surface area contributed by atoms with Gasteiger partial charge in [0.25, 0.3) is 0 Å². The number of rotatable bonds is 4. The highest BCUT2D eigenvalue weighted by molar-refractivity contribution is 4.81. The third-order valence-electron chi connectivity index (χ3n) is 4.73. The molecule has 0 aromatic carbocycles. The highest BCUT2D eigenvalue weighted by atomic mass is 15.2. The first kappa shape index (κ1) is 13.4. The molecule has 1 saturated carbocycles. The molecule has 3 unspecified atom stereocenters. The molecule has 0 amide bonds. The molecule has 1 aliphatic carbocycles. The van der Waals surface area contributed by atoms with Crippen molar-refractivity contribution < 1.29 is 0 Å². The number of hydrogen-bond acceptors (Lipinski definition) is 2. The Balaban J connectivity index is 1.81. The molecule has 1 heterocycles. The van der Waals surface area contributed by atoms with Crippen molar-refractivity contribution in [3.8, 4) is 0 Å². The summed E-state index contributed by atoms with van der Waals surface area (Å²) in [5.74, 6) is 1.95. The zero-order chi connectivity index (χ0) is 12.1. The second kappa shape index (κ2) is 6.75. The lowest BCUT2D eigenvalue weighted by atomic mass is 9.97. The van der Waals surface area contributed by atoms with Gasteiger partial charge in [-0.15, -0.1) is 0 Å². The molecule has 2 aliphatic rings. The Labute approximate surface area is 107 Å². The molecule has 2 heteroatoms. The Morgan fingerprint density at radius 3 is 2.82 bits per heavy atom. The van der Waals surface area contributed by atoms with Crippen LogP contribution in [0.4, 0.5) is 0 Å². The molecule has 17 heavy (non-hydrogen) atoms. The molecule has 2 fully saturated rings. The maximum Gasteiger partial charge on any atom is 0.0194 e. The van der Waals surface area contributed by atoms with Gasteiger partial charge in [-0.25, -0.2) is 0 Å². The molecule has 100 valence electrons. The van der Waals surface area contributed by atoms with Gasteiger partial charge >= 0.3 is 0 Å². The molecule has 1 N–H and O–H groups in total. The van der Waals surface area contributed by atoms with Crippen molar-refractivity contribution in [3.63, 3.8) is 0 Å². The number of nitrogens with zero attached hydrogens (tertiary/aromatic N) is 1. The Morgan fingerprint density at radius 1 is 1.24 bits per heavy atom. The van der Waals surface area contributed by atoms with E-state index < -0.39 is 0 Å². The van der Waals surface area contributed by atoms with Crippen LogP contribution in [-0.2, 0) is 0 Å². The molecule has 0 aromatic heterocycles. The fraction of sp³-hybridized carbons (Fsp3) is 1.00. The van der Waals surface area contributed by atoms with Crippen LogP contribution in [0.5, 0.6) is 0 Å². The van der Waals surface area contributed by atoms with Crippen molar-refractivity contribution in [3.05, 3.63) is 0 Å². The molecule has 0 aromatic rings. The summed E-state index contributed by atoms with van der Waals surface area (Å²) in [6.07, 6.45) is 8.40. The van der Waals surface area contributed by atoms with Gasteiger partial charge in [-0.3, -0.25) is 0 Å². The first-order valence-corrected chi connectivity index (χ1v) is 7.75. The first-order chi connectivity index (χ1) is 8.29. The van der Waals surface area contributed by atoms with E-state index in [1.165, 1.54) is 64.7 Å². The molecule has 2 rings (SSSR count). The van der Waals surface area contributed by atoms with Crippen LogP contribution >= 0.6 is 0 Å². The summed E-state index contributed by atoms with van der Waals surface area (Å²) in [5.41, 5.74) is 0. The van der Waals surface area contributed by atoms with Crippen molar-refractivity contribution in [1.82, 2.24) is 10.2 Å². The summed E-state index contributed by atoms with van der Waals surface area (Å²) < 4.78 is 0. The van der Waals surface area contributed by atoms with Gasteiger partial charge in [-0.1, -0.05) is 33.1 Å². The highest BCUT2D eigenvalue weighted by Gasteiger charge is 2.26. The second-order valence-corrected chi connectivity index (χ2v) is 6.22. The van der Waals surface area contributed by atoms with Crippen LogP contribution in [0.1, 0.15) is 52.4 Å². The average Bonchev–Trinajstić information content (AvgIpc) is 2.59. The monoisotopic (exact) mass is 238 g/mol. The largest absolute Gasteiger partial charge is 0.313 e. The first-order valence-electron chi connectivity index (χ1n) is 7.75. The Morgan fingerprint density at radius 2 is 2.12 bits per heavy atom. The van der Waals surface area contributed by atoms with Crippen molar-refractivity contribution >= 4 is 0 Å². The van der Waals surface area contributed by atoms with E-state index in [9.17, 15) is 0 Å². The molecular weight excluding hydrogens is 208 g/mol. The van der Waals surface area contributed by atoms with Gasteiger partial charge in [0.1, 0.15) is 0 Å². The summed E-state index contributed by atoms with van der Waals surface area (Å²) >= 11 is 0. The molecule has 3 atom stereocenters. The van der Waals surface area contributed by atoms with E-state index in [1.807, 2.05) is 0 Å². The van der Waals surface area contributed by atoms with Crippen molar-refractivity contribution in [2.24, 2.45) is 11.8 Å². The quantitative estimate of drug-likeness (QED) is 0.810. The van der Waals surface area contributed by atoms with E-state index in [0.717, 1.165) is 17.9 Å². The summed E-state index contributed by atoms with van der Waals surface area (Å²) in [4.78, 5) is 2.74. The van der Waals surface area contributed by atoms with Crippen LogP contribution in [0.15, 0.2) is 0 Å². The lowest BCUT2D eigenvalue weighted by molar-refractivity contribution is 0.204. The minimum Gasteiger partial charge on any atom is -0.313 e. The van der Waals surface area contributed by atoms with E-state index in [2.05, 4.69) is 24.1 Å². The number of hydrogen-bond donors (Lipinski definition) is 1. The van der Waals surface area contributed by atoms with Gasteiger partial charge in [0.05, 0.1) is 0 Å². The third-order valence-corrected chi connectivity index (χ3v) is 4.73. The molecule has 1 saturated heterocycles. The van der Waals surface area contributed by atoms with E-state index in [4.69, 9.17) is 0 Å². The fourth-order valence-electron chi connectivity index (χ4n) is 3.61. The summed E-state index contributed by atoms with van der Waals surface area (Å²) in [7, 11) is 0. The Bertz CT molecular complexity index is 217. The lowest BCUT2D eigenvalue weighted by Crippen LogP contribution is -2.39. The zero-order valence-corrected chi connectivity index (χ0v) is 11.8. The fourth-order valence-corrected chi connectivity index (χ4v) is 3.61. The number of nitrogens with one attached hydrogen (secondary N) is 1. The van der Waals surface area contributed by atoms with Crippen LogP contribution in [0.2, 0.25) is 0 Å². The minimum absolute atomic E-state index is 0.749. The normalized spacial score (nSPS) is 36.0. The third kappa shape index (κ3) is 3.96. The maximum absolute atomic E-state index is 3.71. The standard InChI is InChI=1S/C15H30N2/c1-3-6-15-12-17(10-5-9-16-15)11-14-8-4-7-13(14)2/h13-16H,3-12H2,1-2H3. The SMILES string of the molecule is CCCC1CN(CC2CCCC2C)CCCN1. The predicted octanol–water partition coefficient (Wildman–Crippen LogP) is 2.89. The molecule has 0 radical (unpaired) electrons. The van der Waals surface area contributed by atoms with E-state index in [-0.39, 0.29) is 0 Å². The minimum atomic E-state index is 0.749.